The van der Waals surface area contributed by atoms with Crippen molar-refractivity contribution >= 4 is 11.9 Å². The van der Waals surface area contributed by atoms with Crippen molar-refractivity contribution in [3.8, 4) is 0 Å². The SMILES string of the molecule is CC(C)(C)N1CC(=O)OC12CCNCC2.CC(C)(C)N1CCC2(CC1)NCC(=O)O2. The zero-order valence-corrected chi connectivity index (χ0v) is 19.6. The number of hydrogen-bond donors (Lipinski definition) is 2. The first kappa shape index (κ1) is 23.4. The van der Waals surface area contributed by atoms with E-state index in [0.717, 1.165) is 51.9 Å². The minimum atomic E-state index is -0.348. The standard InChI is InChI=1S/2C11H20N2O2/c1-10(2,3)13-6-4-11(5-7-13)12-8-9(14)15-11;1-10(2,3)13-8-9(14)15-11(13)4-6-12-7-5-11/h2*12H,4-8H2,1-3H3. The van der Waals surface area contributed by atoms with Gasteiger partial charge in [-0.1, -0.05) is 0 Å². The minimum Gasteiger partial charge on any atom is -0.443 e. The van der Waals surface area contributed by atoms with Crippen LogP contribution in [0, 0.1) is 0 Å². The average Bonchev–Trinajstić information content (AvgIpc) is 3.15. The van der Waals surface area contributed by atoms with Gasteiger partial charge < -0.3 is 14.8 Å². The highest BCUT2D eigenvalue weighted by Gasteiger charge is 2.51. The van der Waals surface area contributed by atoms with Gasteiger partial charge in [0.1, 0.15) is 6.54 Å². The first-order chi connectivity index (χ1) is 13.9. The Morgan fingerprint density at radius 2 is 1.43 bits per heavy atom. The van der Waals surface area contributed by atoms with Crippen molar-refractivity contribution in [3.05, 3.63) is 0 Å². The highest BCUT2D eigenvalue weighted by Crippen LogP contribution is 2.37. The summed E-state index contributed by atoms with van der Waals surface area (Å²) >= 11 is 0. The maximum absolute atomic E-state index is 11.5. The number of rotatable bonds is 0. The predicted octanol–water partition coefficient (Wildman–Crippen LogP) is 1.45. The first-order valence-corrected chi connectivity index (χ1v) is 11.3. The second-order valence-electron chi connectivity index (χ2n) is 10.9. The van der Waals surface area contributed by atoms with Gasteiger partial charge in [-0.3, -0.25) is 19.8 Å². The summed E-state index contributed by atoms with van der Waals surface area (Å²) in [5, 5.41) is 6.50. The second-order valence-corrected chi connectivity index (χ2v) is 10.9. The number of ether oxygens (including phenoxy) is 2. The smallest absolute Gasteiger partial charge is 0.322 e. The highest BCUT2D eigenvalue weighted by atomic mass is 16.6. The molecule has 0 atom stereocenters. The van der Waals surface area contributed by atoms with Gasteiger partial charge in [0.2, 0.25) is 0 Å². The number of carbonyl (C=O) groups is 2. The molecule has 8 nitrogen and oxygen atoms in total. The quantitative estimate of drug-likeness (QED) is 0.566. The first-order valence-electron chi connectivity index (χ1n) is 11.3. The Kier molecular flexibility index (Phi) is 6.54. The van der Waals surface area contributed by atoms with E-state index in [1.54, 1.807) is 0 Å². The monoisotopic (exact) mass is 424 g/mol. The molecule has 4 aliphatic heterocycles. The Bertz CT molecular complexity index is 639. The van der Waals surface area contributed by atoms with Crippen molar-refractivity contribution in [2.45, 2.75) is 89.8 Å². The van der Waals surface area contributed by atoms with Crippen LogP contribution in [0.4, 0.5) is 0 Å². The van der Waals surface area contributed by atoms with E-state index >= 15 is 0 Å². The predicted molar refractivity (Wildman–Crippen MR) is 115 cm³/mol. The van der Waals surface area contributed by atoms with Crippen LogP contribution in [0.25, 0.3) is 0 Å². The molecule has 2 spiro atoms. The molecule has 0 aromatic rings. The second kappa shape index (κ2) is 8.37. The van der Waals surface area contributed by atoms with Crippen LogP contribution in [0.5, 0.6) is 0 Å². The van der Waals surface area contributed by atoms with Crippen LogP contribution in [0.3, 0.4) is 0 Å². The summed E-state index contributed by atoms with van der Waals surface area (Å²) in [6.07, 6.45) is 3.60. The van der Waals surface area contributed by atoms with Gasteiger partial charge in [0, 0.05) is 62.9 Å². The van der Waals surface area contributed by atoms with E-state index in [1.165, 1.54) is 0 Å². The summed E-state index contributed by atoms with van der Waals surface area (Å²) in [6.45, 7) is 17.7. The van der Waals surface area contributed by atoms with Crippen LogP contribution >= 0.6 is 0 Å². The van der Waals surface area contributed by atoms with Crippen LogP contribution in [0.15, 0.2) is 0 Å². The summed E-state index contributed by atoms with van der Waals surface area (Å²) in [5.41, 5.74) is -0.479. The van der Waals surface area contributed by atoms with Gasteiger partial charge in [0.05, 0.1) is 6.54 Å². The molecule has 0 aliphatic carbocycles. The fourth-order valence-electron chi connectivity index (χ4n) is 4.95. The largest absolute Gasteiger partial charge is 0.443 e. The molecule has 0 aromatic heterocycles. The summed E-state index contributed by atoms with van der Waals surface area (Å²) in [5.74, 6) is -0.189. The molecule has 2 N–H and O–H groups in total. The molecule has 0 aromatic carbocycles. The van der Waals surface area contributed by atoms with Crippen molar-refractivity contribution in [2.75, 3.05) is 39.3 Å². The van der Waals surface area contributed by atoms with Crippen molar-refractivity contribution in [3.63, 3.8) is 0 Å². The van der Waals surface area contributed by atoms with Gasteiger partial charge in [-0.2, -0.15) is 0 Å². The number of carbonyl (C=O) groups excluding carboxylic acids is 2. The molecule has 4 aliphatic rings. The van der Waals surface area contributed by atoms with Crippen LogP contribution in [-0.4, -0.2) is 83.5 Å². The molecular weight excluding hydrogens is 384 g/mol. The van der Waals surface area contributed by atoms with Crippen LogP contribution < -0.4 is 10.6 Å². The van der Waals surface area contributed by atoms with Gasteiger partial charge in [-0.25, -0.2) is 4.90 Å². The maximum Gasteiger partial charge on any atom is 0.322 e. The molecule has 0 amide bonds. The van der Waals surface area contributed by atoms with Gasteiger partial charge in [0.15, 0.2) is 11.4 Å². The lowest BCUT2D eigenvalue weighted by atomic mass is 9.94. The molecule has 4 rings (SSSR count). The molecule has 30 heavy (non-hydrogen) atoms. The average molecular weight is 425 g/mol. The number of likely N-dealkylation sites (tertiary alicyclic amines) is 1. The third-order valence-corrected chi connectivity index (χ3v) is 6.66. The number of nitrogens with one attached hydrogen (secondary N) is 2. The summed E-state index contributed by atoms with van der Waals surface area (Å²) in [4.78, 5) is 27.2. The van der Waals surface area contributed by atoms with Crippen molar-refractivity contribution < 1.29 is 19.1 Å². The lowest BCUT2D eigenvalue weighted by molar-refractivity contribution is -0.164. The molecule has 8 heteroatoms. The zero-order valence-electron chi connectivity index (χ0n) is 19.6. The third kappa shape index (κ3) is 5.15. The molecule has 0 radical (unpaired) electrons. The number of hydrogen-bond acceptors (Lipinski definition) is 8. The van der Waals surface area contributed by atoms with Crippen LogP contribution in [-0.2, 0) is 19.1 Å². The zero-order chi connectivity index (χ0) is 22.2. The molecule has 4 heterocycles. The Morgan fingerprint density at radius 3 is 1.90 bits per heavy atom. The van der Waals surface area contributed by atoms with E-state index in [2.05, 4.69) is 62.0 Å². The molecule has 0 bridgehead atoms. The van der Waals surface area contributed by atoms with E-state index in [4.69, 9.17) is 9.47 Å². The number of nitrogens with zero attached hydrogens (tertiary/aromatic N) is 2. The molecule has 4 saturated heterocycles. The molecule has 0 saturated carbocycles. The van der Waals surface area contributed by atoms with E-state index in [-0.39, 0.29) is 34.5 Å². The van der Waals surface area contributed by atoms with Crippen LogP contribution in [0.2, 0.25) is 0 Å². The summed E-state index contributed by atoms with van der Waals surface area (Å²) in [6, 6.07) is 0. The fourth-order valence-corrected chi connectivity index (χ4v) is 4.95. The number of esters is 2. The summed E-state index contributed by atoms with van der Waals surface area (Å²) < 4.78 is 10.9. The topological polar surface area (TPSA) is 83.1 Å². The van der Waals surface area contributed by atoms with Gasteiger partial charge >= 0.3 is 11.9 Å². The Labute approximate surface area is 181 Å². The Hall–Kier alpha value is -1.22. The normalized spacial score (nSPS) is 27.0. The Balaban J connectivity index is 0.000000171. The molecule has 172 valence electrons. The number of piperidine rings is 2. The van der Waals surface area contributed by atoms with Crippen molar-refractivity contribution in [2.24, 2.45) is 0 Å². The van der Waals surface area contributed by atoms with Crippen molar-refractivity contribution in [1.29, 1.82) is 0 Å². The van der Waals surface area contributed by atoms with Crippen molar-refractivity contribution in [1.82, 2.24) is 20.4 Å². The van der Waals surface area contributed by atoms with E-state index < -0.39 is 0 Å². The Morgan fingerprint density at radius 1 is 0.833 bits per heavy atom. The lowest BCUT2D eigenvalue weighted by Gasteiger charge is -2.45. The molecular formula is C22H40N4O4. The van der Waals surface area contributed by atoms with E-state index in [1.807, 2.05) is 0 Å². The lowest BCUT2D eigenvalue weighted by Crippen LogP contribution is -2.58. The molecule has 4 fully saturated rings. The molecule has 0 unspecified atom stereocenters. The van der Waals surface area contributed by atoms with Gasteiger partial charge in [-0.15, -0.1) is 0 Å². The van der Waals surface area contributed by atoms with E-state index in [0.29, 0.717) is 13.1 Å². The minimum absolute atomic E-state index is 0.0104. The van der Waals surface area contributed by atoms with Gasteiger partial charge in [-0.05, 0) is 41.5 Å². The third-order valence-electron chi connectivity index (χ3n) is 6.66. The fraction of sp³-hybridized carbons (Fsp3) is 0.909. The maximum atomic E-state index is 11.5. The van der Waals surface area contributed by atoms with Crippen LogP contribution in [0.1, 0.15) is 67.2 Å². The summed E-state index contributed by atoms with van der Waals surface area (Å²) in [7, 11) is 0. The highest BCUT2D eigenvalue weighted by molar-refractivity contribution is 5.74. The van der Waals surface area contributed by atoms with Gasteiger partial charge in [0.25, 0.3) is 0 Å². The van der Waals surface area contributed by atoms with E-state index in [9.17, 15) is 9.59 Å².